The van der Waals surface area contributed by atoms with Gasteiger partial charge in [-0.25, -0.2) is 0 Å². The van der Waals surface area contributed by atoms with Crippen molar-refractivity contribution in [2.75, 3.05) is 20.2 Å². The van der Waals surface area contributed by atoms with Crippen LogP contribution < -0.4 is 4.74 Å². The minimum absolute atomic E-state index is 0. The Morgan fingerprint density at radius 3 is 2.60 bits per heavy atom. The third kappa shape index (κ3) is 5.54. The highest BCUT2D eigenvalue weighted by Crippen LogP contribution is 2.42. The minimum atomic E-state index is -4.67. The summed E-state index contributed by atoms with van der Waals surface area (Å²) in [6, 6.07) is 7.96. The second-order valence-corrected chi connectivity index (χ2v) is 8.32. The predicted octanol–water partition coefficient (Wildman–Crippen LogP) is 1.70. The number of ether oxygens (including phenoxy) is 1. The Bertz CT molecular complexity index is 974. The van der Waals surface area contributed by atoms with Gasteiger partial charge in [0.2, 0.25) is 0 Å². The molecule has 1 aromatic heterocycles. The van der Waals surface area contributed by atoms with Crippen LogP contribution in [-0.2, 0) is 10.4 Å². The summed E-state index contributed by atoms with van der Waals surface area (Å²) >= 11 is 0. The molecule has 5 N–H and O–H groups in total. The van der Waals surface area contributed by atoms with Crippen LogP contribution in [-0.4, -0.2) is 64.2 Å². The van der Waals surface area contributed by atoms with Crippen molar-refractivity contribution in [3.8, 4) is 5.75 Å². The molecule has 3 fully saturated rings. The van der Waals surface area contributed by atoms with E-state index in [0.717, 1.165) is 41.7 Å². The Balaban J connectivity index is 0.000000482. The fraction of sp³-hybridized carbons (Fsp3) is 0.450. The molecule has 166 valence electrons. The largest absolute Gasteiger partial charge is 0.497 e. The maximum absolute atomic E-state index is 11.2. The number of fused-ring (bicyclic) bond motifs is 4. The summed E-state index contributed by atoms with van der Waals surface area (Å²) in [6.07, 6.45) is 5.62. The molecule has 2 aromatic rings. The Morgan fingerprint density at radius 2 is 2.03 bits per heavy atom. The molecule has 5 rings (SSSR count). The number of aliphatic hydroxyl groups is 1. The van der Waals surface area contributed by atoms with E-state index in [2.05, 4.69) is 22.5 Å². The van der Waals surface area contributed by atoms with Gasteiger partial charge >= 0.3 is 10.4 Å². The van der Waals surface area contributed by atoms with Crippen LogP contribution in [0.4, 0.5) is 0 Å². The number of aromatic nitrogens is 1. The zero-order valence-electron chi connectivity index (χ0n) is 16.7. The Labute approximate surface area is 175 Å². The Morgan fingerprint density at radius 1 is 1.33 bits per heavy atom. The summed E-state index contributed by atoms with van der Waals surface area (Å²) in [5.74, 6) is 2.01. The molecule has 3 aliphatic rings. The lowest BCUT2D eigenvalue weighted by molar-refractivity contribution is -0.0444. The number of pyridine rings is 1. The Hall–Kier alpha value is -2.08. The molecule has 0 aliphatic carbocycles. The standard InChI is InChI=1S/C20H24N2O2.H2O4S.H2O/c1-3-13-12-22-9-7-14(13)10-19(22)20(23)16-6-8-21-18-5-4-15(24-2)11-17(16)18;1-5(2,3)4;/h3-6,8,11,13-14,19-20,23H,1,7,9-10,12H2,2H3;(H2,1,2,3,4);1H2/t13-,14-,19-,20+;;/m0../s1. The van der Waals surface area contributed by atoms with E-state index in [-0.39, 0.29) is 11.5 Å². The van der Waals surface area contributed by atoms with E-state index in [1.165, 1.54) is 6.42 Å². The predicted molar refractivity (Wildman–Crippen MR) is 113 cm³/mol. The first kappa shape index (κ1) is 24.2. The monoisotopic (exact) mass is 440 g/mol. The number of piperidine rings is 3. The van der Waals surface area contributed by atoms with Crippen molar-refractivity contribution in [1.29, 1.82) is 0 Å². The number of hydrogen-bond donors (Lipinski definition) is 3. The summed E-state index contributed by atoms with van der Waals surface area (Å²) in [5.41, 5.74) is 1.85. The first-order chi connectivity index (χ1) is 13.7. The number of nitrogens with zero attached hydrogens (tertiary/aromatic N) is 2. The first-order valence-corrected chi connectivity index (χ1v) is 10.8. The van der Waals surface area contributed by atoms with E-state index >= 15 is 0 Å². The Kier molecular flexibility index (Phi) is 7.92. The molecule has 0 amide bonds. The van der Waals surface area contributed by atoms with Crippen LogP contribution in [0, 0.1) is 11.8 Å². The molecular weight excluding hydrogens is 412 g/mol. The van der Waals surface area contributed by atoms with Crippen molar-refractivity contribution in [1.82, 2.24) is 9.88 Å². The molecule has 4 heterocycles. The normalized spacial score (nSPS) is 26.1. The van der Waals surface area contributed by atoms with E-state index in [0.29, 0.717) is 11.8 Å². The summed E-state index contributed by atoms with van der Waals surface area (Å²) in [4.78, 5) is 6.86. The zero-order valence-corrected chi connectivity index (χ0v) is 17.5. The maximum atomic E-state index is 11.2. The SMILES string of the molecule is C=C[C@H]1CN2CC[C@H]1C[C@H]2[C@H](O)c1ccnc2ccc(OC)cc12.O.O=S(=O)(O)O. The summed E-state index contributed by atoms with van der Waals surface area (Å²) in [5, 5.41) is 12.1. The van der Waals surface area contributed by atoms with Crippen LogP contribution in [0.1, 0.15) is 24.5 Å². The van der Waals surface area contributed by atoms with E-state index in [4.69, 9.17) is 22.3 Å². The highest BCUT2D eigenvalue weighted by Gasteiger charge is 2.42. The van der Waals surface area contributed by atoms with Gasteiger partial charge < -0.3 is 15.3 Å². The van der Waals surface area contributed by atoms with Crippen molar-refractivity contribution < 1.29 is 32.8 Å². The van der Waals surface area contributed by atoms with Crippen molar-refractivity contribution in [2.24, 2.45) is 11.8 Å². The number of benzene rings is 1. The maximum Gasteiger partial charge on any atom is 0.394 e. The lowest BCUT2D eigenvalue weighted by Gasteiger charge is -2.50. The molecule has 1 unspecified atom stereocenters. The number of rotatable bonds is 4. The van der Waals surface area contributed by atoms with Gasteiger partial charge in [-0.1, -0.05) is 6.08 Å². The van der Waals surface area contributed by atoms with Crippen LogP contribution >= 0.6 is 0 Å². The molecule has 1 aromatic carbocycles. The molecule has 3 aliphatic heterocycles. The summed E-state index contributed by atoms with van der Waals surface area (Å²) in [7, 11) is -3.01. The summed E-state index contributed by atoms with van der Waals surface area (Å²) in [6.45, 7) is 6.07. The third-order valence-corrected chi connectivity index (χ3v) is 5.82. The topological polar surface area (TPSA) is 152 Å². The number of methoxy groups -OCH3 is 1. The van der Waals surface area contributed by atoms with Gasteiger partial charge in [0.1, 0.15) is 5.75 Å². The molecule has 2 bridgehead atoms. The van der Waals surface area contributed by atoms with Gasteiger partial charge in [-0.3, -0.25) is 19.0 Å². The van der Waals surface area contributed by atoms with Crippen LogP contribution in [0.3, 0.4) is 0 Å². The van der Waals surface area contributed by atoms with Crippen molar-refractivity contribution in [2.45, 2.75) is 25.0 Å². The van der Waals surface area contributed by atoms with Crippen molar-refractivity contribution in [3.63, 3.8) is 0 Å². The quantitative estimate of drug-likeness (QED) is 0.480. The average Bonchev–Trinajstić information content (AvgIpc) is 2.71. The second-order valence-electron chi connectivity index (χ2n) is 7.42. The van der Waals surface area contributed by atoms with Crippen LogP contribution in [0.15, 0.2) is 43.1 Å². The fourth-order valence-electron chi connectivity index (χ4n) is 4.44. The van der Waals surface area contributed by atoms with Gasteiger partial charge in [0.25, 0.3) is 0 Å². The molecule has 3 saturated heterocycles. The average molecular weight is 441 g/mol. The lowest BCUT2D eigenvalue weighted by atomic mass is 9.73. The minimum Gasteiger partial charge on any atom is -0.497 e. The zero-order chi connectivity index (χ0) is 21.2. The fourth-order valence-corrected chi connectivity index (χ4v) is 4.44. The van der Waals surface area contributed by atoms with Crippen LogP contribution in [0.5, 0.6) is 5.75 Å². The summed E-state index contributed by atoms with van der Waals surface area (Å²) < 4.78 is 36.9. The van der Waals surface area contributed by atoms with Gasteiger partial charge in [0, 0.05) is 24.2 Å². The highest BCUT2D eigenvalue weighted by atomic mass is 32.3. The van der Waals surface area contributed by atoms with Crippen LogP contribution in [0.25, 0.3) is 10.9 Å². The van der Waals surface area contributed by atoms with E-state index in [1.54, 1.807) is 13.3 Å². The number of hydrogen-bond acceptors (Lipinski definition) is 6. The molecule has 10 heteroatoms. The van der Waals surface area contributed by atoms with E-state index in [1.807, 2.05) is 24.3 Å². The molecule has 5 atom stereocenters. The lowest BCUT2D eigenvalue weighted by Crippen LogP contribution is -2.54. The number of aliphatic hydroxyl groups excluding tert-OH is 1. The van der Waals surface area contributed by atoms with Gasteiger partial charge in [0.05, 0.1) is 18.7 Å². The van der Waals surface area contributed by atoms with E-state index < -0.39 is 16.5 Å². The van der Waals surface area contributed by atoms with Gasteiger partial charge in [-0.15, -0.1) is 6.58 Å². The van der Waals surface area contributed by atoms with E-state index in [9.17, 15) is 5.11 Å². The molecule has 9 nitrogen and oxygen atoms in total. The molecule has 0 spiro atoms. The molecule has 0 saturated carbocycles. The molecular formula is C20H28N2O7S. The van der Waals surface area contributed by atoms with Crippen LogP contribution in [0.2, 0.25) is 0 Å². The van der Waals surface area contributed by atoms with Crippen molar-refractivity contribution in [3.05, 3.63) is 48.7 Å². The van der Waals surface area contributed by atoms with Crippen molar-refractivity contribution >= 4 is 21.3 Å². The molecule has 30 heavy (non-hydrogen) atoms. The smallest absolute Gasteiger partial charge is 0.394 e. The first-order valence-electron chi connectivity index (χ1n) is 9.38. The highest BCUT2D eigenvalue weighted by molar-refractivity contribution is 7.79. The third-order valence-electron chi connectivity index (χ3n) is 5.82. The van der Waals surface area contributed by atoms with Gasteiger partial charge in [-0.05, 0) is 61.1 Å². The second kappa shape index (κ2) is 9.82. The van der Waals surface area contributed by atoms with Gasteiger partial charge in [-0.2, -0.15) is 8.42 Å². The van der Waals surface area contributed by atoms with Gasteiger partial charge in [0.15, 0.2) is 0 Å². The molecule has 0 radical (unpaired) electrons.